The van der Waals surface area contributed by atoms with Crippen molar-refractivity contribution in [1.29, 1.82) is 0 Å². The number of rotatable bonds is 66. The van der Waals surface area contributed by atoms with Gasteiger partial charge in [-0.3, -0.25) is 4.79 Å². The van der Waals surface area contributed by atoms with Gasteiger partial charge < -0.3 is 89.9 Å². The minimum absolute atomic E-state index is 0.169. The van der Waals surface area contributed by atoms with Crippen molar-refractivity contribution >= 4 is 5.91 Å². The van der Waals surface area contributed by atoms with E-state index < -0.39 is 131 Å². The van der Waals surface area contributed by atoms with Crippen molar-refractivity contribution < 1.29 is 89.4 Å². The van der Waals surface area contributed by atoms with Gasteiger partial charge in [-0.2, -0.15) is 0 Å². The van der Waals surface area contributed by atoms with Gasteiger partial charge in [0, 0.05) is 6.42 Å². The second-order valence-corrected chi connectivity index (χ2v) is 29.6. The van der Waals surface area contributed by atoms with Crippen molar-refractivity contribution in [3.8, 4) is 0 Å². The van der Waals surface area contributed by atoms with E-state index in [9.17, 15) is 61.0 Å². The van der Waals surface area contributed by atoms with Crippen molar-refractivity contribution in [2.75, 3.05) is 26.4 Å². The van der Waals surface area contributed by atoms with Crippen LogP contribution in [-0.2, 0) is 33.2 Å². The van der Waals surface area contributed by atoms with E-state index in [0.29, 0.717) is 12.8 Å². The Kier molecular flexibility index (Phi) is 62.8. The molecule has 3 fully saturated rings. The molecule has 0 aromatic heterocycles. The fraction of sp³-hybridized carbons (Fsp3) is 0.685. The monoisotopic (exact) mass is 1560 g/mol. The first-order chi connectivity index (χ1) is 54.3. The summed E-state index contributed by atoms with van der Waals surface area (Å²) in [7, 11) is 0. The highest BCUT2D eigenvalue weighted by molar-refractivity contribution is 5.76. The Labute approximate surface area is 668 Å². The average Bonchev–Trinajstić information content (AvgIpc) is 0.780. The van der Waals surface area contributed by atoms with Crippen LogP contribution in [0.25, 0.3) is 0 Å². The fourth-order valence-electron chi connectivity index (χ4n) is 13.2. The molecule has 12 N–H and O–H groups in total. The van der Waals surface area contributed by atoms with Crippen LogP contribution in [0.15, 0.2) is 170 Å². The van der Waals surface area contributed by atoms with Gasteiger partial charge in [0.15, 0.2) is 18.9 Å². The highest BCUT2D eigenvalue weighted by atomic mass is 16.8. The van der Waals surface area contributed by atoms with Gasteiger partial charge in [0.1, 0.15) is 73.2 Å². The molecule has 111 heavy (non-hydrogen) atoms. The molecule has 3 heterocycles. The molecule has 3 aliphatic heterocycles. The summed E-state index contributed by atoms with van der Waals surface area (Å²) in [5, 5.41) is 121. The molecule has 0 radical (unpaired) electrons. The summed E-state index contributed by atoms with van der Waals surface area (Å²) in [6, 6.07) is -1.03. The van der Waals surface area contributed by atoms with Crippen LogP contribution in [0.3, 0.4) is 0 Å². The predicted octanol–water partition coefficient (Wildman–Crippen LogP) is 15.7. The normalized spacial score (nSPS) is 25.9. The lowest BCUT2D eigenvalue weighted by Crippen LogP contribution is -2.66. The number of hydrogen-bond acceptors (Lipinski definition) is 18. The van der Waals surface area contributed by atoms with Crippen molar-refractivity contribution in [1.82, 2.24) is 5.32 Å². The third kappa shape index (κ3) is 48.3. The van der Waals surface area contributed by atoms with E-state index >= 15 is 0 Å². The molecule has 0 aromatic rings. The van der Waals surface area contributed by atoms with E-state index in [1.807, 2.05) is 6.08 Å². The molecule has 3 aliphatic rings. The standard InChI is InChI=1S/C92H151NO18/c1-3-5-7-9-11-13-15-17-19-21-23-25-27-29-31-32-33-34-35-36-37-38-39-40-41-42-44-46-48-50-52-54-56-58-60-62-64-66-68-70-80(98)93-75(76(97)69-67-65-63-61-59-57-55-53-51-49-47-45-43-30-28-26-24-22-20-18-16-14-12-10-8-6-4-2)74-106-90-86(104)83(101)88(78(72-95)108-90)111-92-87(105)84(102)89(79(73-96)109-92)110-91-85(103)82(100)81(99)77(71-94)107-91/h5,7,11,13,17,19,23,25,29,31,33-34,36-37,39-40,42,44,48,50,54,56,59-62,67,69,75-79,81-92,94-97,99-105H,3-4,6,8-10,12,14-16,18,20-22,24,26-28,30,32,35,38,41,43,45-47,49,51-53,55,57-58,63-66,68,70-74H2,1-2H3,(H,93,98)/b7-5-,13-11-,19-17-,25-23-,31-29-,34-33-,37-36-,40-39-,44-42-,50-48-,56-54-,61-59+,62-60-,69-67+. The number of carbonyl (C=O) groups is 1. The number of ether oxygens (including phenoxy) is 6. The van der Waals surface area contributed by atoms with Crippen molar-refractivity contribution in [2.24, 2.45) is 0 Å². The van der Waals surface area contributed by atoms with Gasteiger partial charge in [0.25, 0.3) is 0 Å². The smallest absolute Gasteiger partial charge is 0.220 e. The maximum absolute atomic E-state index is 13.5. The van der Waals surface area contributed by atoms with E-state index in [0.717, 1.165) is 109 Å². The van der Waals surface area contributed by atoms with E-state index in [2.05, 4.69) is 177 Å². The molecular formula is C92H151NO18. The number of allylic oxidation sites excluding steroid dienone is 27. The lowest BCUT2D eigenvalue weighted by Gasteiger charge is -2.48. The summed E-state index contributed by atoms with van der Waals surface area (Å²) in [5.41, 5.74) is 0. The van der Waals surface area contributed by atoms with Gasteiger partial charge in [-0.25, -0.2) is 0 Å². The number of aliphatic hydroxyl groups excluding tert-OH is 11. The first-order valence-electron chi connectivity index (χ1n) is 42.9. The van der Waals surface area contributed by atoms with Crippen LogP contribution in [0, 0.1) is 0 Å². The molecule has 19 heteroatoms. The first-order valence-corrected chi connectivity index (χ1v) is 42.9. The third-order valence-electron chi connectivity index (χ3n) is 20.0. The van der Waals surface area contributed by atoms with E-state index in [4.69, 9.17) is 28.4 Å². The van der Waals surface area contributed by atoms with Crippen molar-refractivity contribution in [3.05, 3.63) is 170 Å². The van der Waals surface area contributed by atoms with E-state index in [1.165, 1.54) is 128 Å². The maximum atomic E-state index is 13.5. The van der Waals surface area contributed by atoms with Gasteiger partial charge in [-0.05, 0) is 122 Å². The second-order valence-electron chi connectivity index (χ2n) is 29.6. The Morgan fingerprint density at radius 3 is 1.01 bits per heavy atom. The van der Waals surface area contributed by atoms with E-state index in [1.54, 1.807) is 6.08 Å². The van der Waals surface area contributed by atoms with Crippen molar-refractivity contribution in [2.45, 2.75) is 375 Å². The van der Waals surface area contributed by atoms with Crippen LogP contribution in [-0.4, -0.2) is 193 Å². The van der Waals surface area contributed by atoms with E-state index in [-0.39, 0.29) is 12.3 Å². The lowest BCUT2D eigenvalue weighted by molar-refractivity contribution is -0.379. The molecule has 17 unspecified atom stereocenters. The number of nitrogens with one attached hydrogen (secondary N) is 1. The van der Waals surface area contributed by atoms with Gasteiger partial charge in [-0.1, -0.05) is 312 Å². The maximum Gasteiger partial charge on any atom is 0.220 e. The molecule has 17 atom stereocenters. The highest BCUT2D eigenvalue weighted by Crippen LogP contribution is 2.33. The third-order valence-corrected chi connectivity index (χ3v) is 20.0. The van der Waals surface area contributed by atoms with Crippen LogP contribution < -0.4 is 5.32 Å². The molecule has 0 aromatic carbocycles. The number of amides is 1. The predicted molar refractivity (Wildman–Crippen MR) is 447 cm³/mol. The molecule has 0 saturated carbocycles. The summed E-state index contributed by atoms with van der Waals surface area (Å²) < 4.78 is 34.4. The number of unbranched alkanes of at least 4 members (excludes halogenated alkanes) is 24. The summed E-state index contributed by atoms with van der Waals surface area (Å²) in [5.74, 6) is -0.332. The first kappa shape index (κ1) is 100. The molecular weight excluding hydrogens is 1410 g/mol. The number of aliphatic hydroxyl groups is 11. The number of hydrogen-bond donors (Lipinski definition) is 12. The largest absolute Gasteiger partial charge is 0.394 e. The Morgan fingerprint density at radius 2 is 0.631 bits per heavy atom. The SMILES string of the molecule is CC/C=C\C/C=C\C/C=C\C/C=C\C/C=C\C/C=C\C/C=C\C/C=C\C/C=C\C/C=C\C/C=C\C/C=C\CCCCC(=O)NC(COC1OC(CO)C(OC2OC(CO)C(OC3OC(CO)C(O)C(O)C3O)C(O)C2O)C(O)C1O)C(O)/C=C/CC/C=C/CCCCCCCCCCCCCCCCCCCCCCC. The molecule has 3 rings (SSSR count). The molecule has 0 aliphatic carbocycles. The topological polar surface area (TPSA) is 307 Å². The Bertz CT molecular complexity index is 2670. The molecule has 0 spiro atoms. The summed E-state index contributed by atoms with van der Waals surface area (Å²) in [4.78, 5) is 13.5. The highest BCUT2D eigenvalue weighted by Gasteiger charge is 2.54. The summed E-state index contributed by atoms with van der Waals surface area (Å²) >= 11 is 0. The fourth-order valence-corrected chi connectivity index (χ4v) is 13.2. The van der Waals surface area contributed by atoms with Gasteiger partial charge in [-0.15, -0.1) is 0 Å². The average molecular weight is 1560 g/mol. The van der Waals surface area contributed by atoms with Crippen LogP contribution in [0.1, 0.15) is 271 Å². The Hall–Kier alpha value is -4.85. The van der Waals surface area contributed by atoms with Crippen LogP contribution in [0.2, 0.25) is 0 Å². The second kappa shape index (κ2) is 69.5. The van der Waals surface area contributed by atoms with Crippen LogP contribution >= 0.6 is 0 Å². The zero-order valence-electron chi connectivity index (χ0n) is 67.9. The molecule has 3 saturated heterocycles. The zero-order valence-corrected chi connectivity index (χ0v) is 67.9. The Morgan fingerprint density at radius 1 is 0.333 bits per heavy atom. The minimum atomic E-state index is -2.00. The lowest BCUT2D eigenvalue weighted by atomic mass is 9.96. The van der Waals surface area contributed by atoms with Gasteiger partial charge >= 0.3 is 0 Å². The molecule has 19 nitrogen and oxygen atoms in total. The Balaban J connectivity index is 1.39. The zero-order chi connectivity index (χ0) is 80.3. The van der Waals surface area contributed by atoms with Crippen LogP contribution in [0.4, 0.5) is 0 Å². The summed E-state index contributed by atoms with van der Waals surface area (Å²) in [6.45, 7) is 1.58. The van der Waals surface area contributed by atoms with Gasteiger partial charge in [0.05, 0.1) is 38.6 Å². The molecule has 0 bridgehead atoms. The summed E-state index contributed by atoms with van der Waals surface area (Å²) in [6.07, 6.45) is 77.7. The molecule has 1 amide bonds. The van der Waals surface area contributed by atoms with Gasteiger partial charge in [0.2, 0.25) is 5.91 Å². The molecule has 632 valence electrons. The minimum Gasteiger partial charge on any atom is -0.394 e. The van der Waals surface area contributed by atoms with Crippen LogP contribution in [0.5, 0.6) is 0 Å². The quantitative estimate of drug-likeness (QED) is 0.0199. The van der Waals surface area contributed by atoms with Crippen molar-refractivity contribution in [3.63, 3.8) is 0 Å². The number of carbonyl (C=O) groups excluding carboxylic acids is 1.